The molecule has 0 fully saturated rings. The Balaban J connectivity index is 0.000000137. The molecule has 0 radical (unpaired) electrons. The summed E-state index contributed by atoms with van der Waals surface area (Å²) < 4.78 is 39.8. The molecule has 0 amide bonds. The predicted octanol–water partition coefficient (Wildman–Crippen LogP) is 6.35. The zero-order valence-electron chi connectivity index (χ0n) is 21.5. The zero-order chi connectivity index (χ0) is 28.8. The number of rotatable bonds is 2. The number of hydrogen-bond donors (Lipinski definition) is 3. The van der Waals surface area contributed by atoms with Gasteiger partial charge in [-0.2, -0.15) is 18.2 Å². The largest absolute Gasteiger partial charge is 0.384 e. The highest BCUT2D eigenvalue weighted by Crippen LogP contribution is 2.28. The summed E-state index contributed by atoms with van der Waals surface area (Å²) >= 11 is 0. The molecule has 12 heteroatoms. The SMILES string of the molecule is Fc1cc(-c2ccc3c(n2)[nH]c2ccncc23)cc(F)n1.Nc1cc(-c2ccc3c(n2)[nH]c2ccncc23)cc(F)n1. The molecule has 0 aliphatic rings. The van der Waals surface area contributed by atoms with E-state index in [2.05, 4.69) is 39.9 Å². The Morgan fingerprint density at radius 1 is 0.524 bits per heavy atom. The lowest BCUT2D eigenvalue weighted by Crippen LogP contribution is -1.95. The van der Waals surface area contributed by atoms with Gasteiger partial charge in [-0.15, -0.1) is 0 Å². The first-order valence-corrected chi connectivity index (χ1v) is 12.6. The Kier molecular flexibility index (Phi) is 5.93. The van der Waals surface area contributed by atoms with E-state index >= 15 is 0 Å². The first-order valence-electron chi connectivity index (χ1n) is 12.6. The van der Waals surface area contributed by atoms with Crippen LogP contribution in [-0.2, 0) is 0 Å². The summed E-state index contributed by atoms with van der Waals surface area (Å²) in [6.45, 7) is 0. The van der Waals surface area contributed by atoms with Crippen molar-refractivity contribution in [1.82, 2.24) is 39.9 Å². The van der Waals surface area contributed by atoms with Crippen LogP contribution in [0.2, 0.25) is 0 Å². The number of nitrogen functional groups attached to an aromatic ring is 1. The van der Waals surface area contributed by atoms with Crippen molar-refractivity contribution in [2.45, 2.75) is 0 Å². The van der Waals surface area contributed by atoms with Crippen LogP contribution in [0, 0.1) is 17.8 Å². The summed E-state index contributed by atoms with van der Waals surface area (Å²) in [7, 11) is 0. The number of hydrogen-bond acceptors (Lipinski definition) is 7. The first kappa shape index (κ1) is 25.1. The maximum absolute atomic E-state index is 13.4. The molecule has 8 heterocycles. The van der Waals surface area contributed by atoms with Crippen LogP contribution in [0.5, 0.6) is 0 Å². The van der Waals surface area contributed by atoms with Gasteiger partial charge in [0, 0.05) is 75.7 Å². The van der Waals surface area contributed by atoms with Gasteiger partial charge in [-0.05, 0) is 42.5 Å². The van der Waals surface area contributed by atoms with E-state index in [1.807, 2.05) is 30.3 Å². The number of aromatic amines is 2. The average molecular weight is 562 g/mol. The van der Waals surface area contributed by atoms with Crippen molar-refractivity contribution in [1.29, 1.82) is 0 Å². The minimum Gasteiger partial charge on any atom is -0.384 e. The van der Waals surface area contributed by atoms with Crippen LogP contribution in [0.1, 0.15) is 0 Å². The topological polar surface area (TPSA) is 135 Å². The molecule has 42 heavy (non-hydrogen) atoms. The van der Waals surface area contributed by atoms with Gasteiger partial charge in [0.05, 0.1) is 22.4 Å². The van der Waals surface area contributed by atoms with Gasteiger partial charge in [-0.1, -0.05) is 0 Å². The molecule has 0 saturated heterocycles. The number of nitrogens with one attached hydrogen (secondary N) is 2. The number of H-pyrrole nitrogens is 2. The quantitative estimate of drug-likeness (QED) is 0.209. The van der Waals surface area contributed by atoms with Gasteiger partial charge in [0.15, 0.2) is 0 Å². The highest BCUT2D eigenvalue weighted by molar-refractivity contribution is 6.06. The van der Waals surface area contributed by atoms with Crippen molar-refractivity contribution in [2.75, 3.05) is 5.73 Å². The van der Waals surface area contributed by atoms with E-state index < -0.39 is 17.8 Å². The molecule has 0 atom stereocenters. The molecule has 0 bridgehead atoms. The van der Waals surface area contributed by atoms with E-state index in [9.17, 15) is 13.2 Å². The molecular weight excluding hydrogens is 543 g/mol. The van der Waals surface area contributed by atoms with Crippen LogP contribution in [0.3, 0.4) is 0 Å². The van der Waals surface area contributed by atoms with E-state index in [4.69, 9.17) is 5.73 Å². The number of nitrogens with two attached hydrogens (primary N) is 1. The molecule has 0 aromatic carbocycles. The molecule has 204 valence electrons. The number of pyridine rings is 6. The lowest BCUT2D eigenvalue weighted by Gasteiger charge is -2.02. The zero-order valence-corrected chi connectivity index (χ0v) is 21.5. The fourth-order valence-electron chi connectivity index (χ4n) is 4.83. The van der Waals surface area contributed by atoms with E-state index in [-0.39, 0.29) is 5.82 Å². The Hall–Kier alpha value is -5.91. The Morgan fingerprint density at radius 2 is 1.00 bits per heavy atom. The molecule has 4 N–H and O–H groups in total. The Bertz CT molecular complexity index is 2080. The average Bonchev–Trinajstić information content (AvgIpc) is 3.54. The van der Waals surface area contributed by atoms with E-state index in [1.165, 1.54) is 6.07 Å². The second-order valence-corrected chi connectivity index (χ2v) is 9.38. The predicted molar refractivity (Wildman–Crippen MR) is 154 cm³/mol. The van der Waals surface area contributed by atoms with E-state index in [1.54, 1.807) is 36.9 Å². The second-order valence-electron chi connectivity index (χ2n) is 9.38. The number of fused-ring (bicyclic) bond motifs is 6. The second kappa shape index (κ2) is 9.93. The fraction of sp³-hybridized carbons (Fsp3) is 0. The molecule has 8 aromatic rings. The van der Waals surface area contributed by atoms with Gasteiger partial charge in [-0.25, -0.2) is 15.0 Å². The van der Waals surface area contributed by atoms with Crippen molar-refractivity contribution in [3.63, 3.8) is 0 Å². The maximum atomic E-state index is 13.4. The molecule has 8 rings (SSSR count). The molecule has 8 aromatic heterocycles. The summed E-state index contributed by atoms with van der Waals surface area (Å²) in [5, 5.41) is 3.85. The van der Waals surface area contributed by atoms with Gasteiger partial charge >= 0.3 is 0 Å². The van der Waals surface area contributed by atoms with E-state index in [0.717, 1.165) is 50.4 Å². The Morgan fingerprint density at radius 3 is 1.50 bits per heavy atom. The third-order valence-electron chi connectivity index (χ3n) is 6.69. The monoisotopic (exact) mass is 561 g/mol. The third-order valence-corrected chi connectivity index (χ3v) is 6.69. The summed E-state index contributed by atoms with van der Waals surface area (Å²) in [5.41, 5.74) is 10.9. The lowest BCUT2D eigenvalue weighted by atomic mass is 10.1. The number of aromatic nitrogens is 8. The van der Waals surface area contributed by atoms with Crippen LogP contribution >= 0.6 is 0 Å². The summed E-state index contributed by atoms with van der Waals surface area (Å²) in [4.78, 5) is 30.1. The van der Waals surface area contributed by atoms with Crippen molar-refractivity contribution in [3.8, 4) is 22.5 Å². The Labute approximate surface area is 234 Å². The molecule has 0 aliphatic carbocycles. The minimum atomic E-state index is -0.868. The number of anilines is 1. The molecule has 0 spiro atoms. The molecule has 0 unspecified atom stereocenters. The summed E-state index contributed by atoms with van der Waals surface area (Å²) in [6, 6.07) is 16.3. The van der Waals surface area contributed by atoms with Gasteiger partial charge in [0.2, 0.25) is 17.8 Å². The highest BCUT2D eigenvalue weighted by Gasteiger charge is 2.11. The summed E-state index contributed by atoms with van der Waals surface area (Å²) in [6.07, 6.45) is 6.95. The minimum absolute atomic E-state index is 0.132. The van der Waals surface area contributed by atoms with Crippen molar-refractivity contribution in [2.24, 2.45) is 0 Å². The van der Waals surface area contributed by atoms with Crippen molar-refractivity contribution >= 4 is 49.7 Å². The number of halogens is 3. The third kappa shape index (κ3) is 4.60. The normalized spacial score (nSPS) is 11.3. The van der Waals surface area contributed by atoms with E-state index in [0.29, 0.717) is 28.2 Å². The van der Waals surface area contributed by atoms with Crippen LogP contribution in [-0.4, -0.2) is 39.9 Å². The van der Waals surface area contributed by atoms with Crippen molar-refractivity contribution in [3.05, 3.63) is 103 Å². The van der Waals surface area contributed by atoms with Crippen LogP contribution < -0.4 is 5.73 Å². The first-order chi connectivity index (χ1) is 20.4. The highest BCUT2D eigenvalue weighted by atomic mass is 19.1. The lowest BCUT2D eigenvalue weighted by molar-refractivity contribution is 0.513. The van der Waals surface area contributed by atoms with Gasteiger partial charge in [0.1, 0.15) is 17.1 Å². The molecule has 0 saturated carbocycles. The fourth-order valence-corrected chi connectivity index (χ4v) is 4.83. The molecule has 9 nitrogen and oxygen atoms in total. The standard InChI is InChI=1S/C15H8F2N4.C15H10FN5/c2*16-13-5-8(6-14(17)21-13)11-2-1-9-10-7-18-4-3-12(10)20-15(9)19-11/h1-7H,(H,19,20);1-7H,(H2,17,21)(H,19,20). The summed E-state index contributed by atoms with van der Waals surface area (Å²) in [5.74, 6) is -2.22. The molecule has 0 aliphatic heterocycles. The van der Waals surface area contributed by atoms with Crippen LogP contribution in [0.15, 0.2) is 85.5 Å². The van der Waals surface area contributed by atoms with Crippen molar-refractivity contribution < 1.29 is 13.2 Å². The van der Waals surface area contributed by atoms with Gasteiger partial charge in [0.25, 0.3) is 0 Å². The maximum Gasteiger partial charge on any atom is 0.216 e. The van der Waals surface area contributed by atoms with Gasteiger partial charge in [-0.3, -0.25) is 9.97 Å². The van der Waals surface area contributed by atoms with Crippen LogP contribution in [0.25, 0.3) is 66.4 Å². The van der Waals surface area contributed by atoms with Gasteiger partial charge < -0.3 is 15.7 Å². The smallest absolute Gasteiger partial charge is 0.216 e. The number of nitrogens with zero attached hydrogens (tertiary/aromatic N) is 6. The molecular formula is C30H18F3N9. The van der Waals surface area contributed by atoms with Crippen LogP contribution in [0.4, 0.5) is 19.0 Å².